The predicted octanol–water partition coefficient (Wildman–Crippen LogP) is 0.374. The maximum atomic E-state index is 2.54. The first-order valence-electron chi connectivity index (χ1n) is 5.44. The van der Waals surface area contributed by atoms with E-state index in [1.165, 1.54) is 37.3 Å². The highest BCUT2D eigenvalue weighted by Crippen LogP contribution is 2.07. The van der Waals surface area contributed by atoms with Crippen LogP contribution in [0.2, 0.25) is 0 Å². The third kappa shape index (κ3) is 2.56. The first kappa shape index (κ1) is 9.69. The number of aryl methyl sites for hydroxylation is 1. The van der Waals surface area contributed by atoms with Gasteiger partial charge in [-0.15, -0.1) is 0 Å². The van der Waals surface area contributed by atoms with Crippen LogP contribution in [0.25, 0.3) is 0 Å². The highest BCUT2D eigenvalue weighted by Gasteiger charge is 2.11. The van der Waals surface area contributed by atoms with Gasteiger partial charge in [0.15, 0.2) is 0 Å². The SMILES string of the molecule is Cc1cccc(CN2CC[NH2+]CC2)c1. The van der Waals surface area contributed by atoms with Gasteiger partial charge >= 0.3 is 0 Å². The fourth-order valence-electron chi connectivity index (χ4n) is 2.03. The van der Waals surface area contributed by atoms with Gasteiger partial charge in [0.1, 0.15) is 0 Å². The molecule has 1 aromatic rings. The monoisotopic (exact) mass is 191 g/mol. The standard InChI is InChI=1S/C12H18N2/c1-11-3-2-4-12(9-11)10-14-7-5-13-6-8-14/h2-4,9,13H,5-8,10H2,1H3/p+1. The summed E-state index contributed by atoms with van der Waals surface area (Å²) in [6.07, 6.45) is 0. The third-order valence-corrected chi connectivity index (χ3v) is 2.79. The van der Waals surface area contributed by atoms with Crippen molar-refractivity contribution in [2.75, 3.05) is 26.2 Å². The first-order chi connectivity index (χ1) is 6.84. The fraction of sp³-hybridized carbons (Fsp3) is 0.500. The molecule has 1 heterocycles. The Balaban J connectivity index is 1.95. The first-order valence-corrected chi connectivity index (χ1v) is 5.44. The van der Waals surface area contributed by atoms with Crippen LogP contribution in [0.1, 0.15) is 11.1 Å². The minimum Gasteiger partial charge on any atom is -0.344 e. The van der Waals surface area contributed by atoms with E-state index >= 15 is 0 Å². The van der Waals surface area contributed by atoms with Crippen molar-refractivity contribution in [3.8, 4) is 0 Å². The largest absolute Gasteiger partial charge is 0.344 e. The lowest BCUT2D eigenvalue weighted by Gasteiger charge is -2.25. The van der Waals surface area contributed by atoms with E-state index in [0.717, 1.165) is 6.54 Å². The van der Waals surface area contributed by atoms with E-state index in [9.17, 15) is 0 Å². The molecule has 2 rings (SSSR count). The van der Waals surface area contributed by atoms with Crippen molar-refractivity contribution in [3.63, 3.8) is 0 Å². The van der Waals surface area contributed by atoms with Gasteiger partial charge in [0.25, 0.3) is 0 Å². The zero-order valence-corrected chi connectivity index (χ0v) is 8.87. The highest BCUT2D eigenvalue weighted by molar-refractivity contribution is 5.22. The van der Waals surface area contributed by atoms with Crippen molar-refractivity contribution in [2.24, 2.45) is 0 Å². The zero-order valence-electron chi connectivity index (χ0n) is 8.87. The van der Waals surface area contributed by atoms with Crippen LogP contribution < -0.4 is 5.32 Å². The molecule has 1 aliphatic rings. The summed E-state index contributed by atoms with van der Waals surface area (Å²) in [6, 6.07) is 8.83. The molecule has 1 saturated heterocycles. The Morgan fingerprint density at radius 1 is 1.29 bits per heavy atom. The molecule has 2 heteroatoms. The van der Waals surface area contributed by atoms with E-state index < -0.39 is 0 Å². The summed E-state index contributed by atoms with van der Waals surface area (Å²) in [4.78, 5) is 2.54. The molecule has 2 N–H and O–H groups in total. The van der Waals surface area contributed by atoms with Gasteiger partial charge in [-0.05, 0) is 12.5 Å². The molecule has 76 valence electrons. The average Bonchev–Trinajstić information content (AvgIpc) is 2.19. The van der Waals surface area contributed by atoms with E-state index in [1.54, 1.807) is 0 Å². The summed E-state index contributed by atoms with van der Waals surface area (Å²) in [5, 5.41) is 2.40. The van der Waals surface area contributed by atoms with Gasteiger partial charge in [-0.1, -0.05) is 29.8 Å². The van der Waals surface area contributed by atoms with Crippen molar-refractivity contribution in [1.82, 2.24) is 4.90 Å². The van der Waals surface area contributed by atoms with Crippen LogP contribution in [0.3, 0.4) is 0 Å². The maximum Gasteiger partial charge on any atom is 0.0885 e. The van der Waals surface area contributed by atoms with Gasteiger partial charge in [-0.25, -0.2) is 0 Å². The molecule has 1 fully saturated rings. The Morgan fingerprint density at radius 2 is 2.07 bits per heavy atom. The van der Waals surface area contributed by atoms with Crippen LogP contribution in [-0.2, 0) is 6.54 Å². The molecule has 0 aliphatic carbocycles. The van der Waals surface area contributed by atoms with Gasteiger partial charge in [-0.2, -0.15) is 0 Å². The lowest BCUT2D eigenvalue weighted by molar-refractivity contribution is -0.663. The average molecular weight is 191 g/mol. The van der Waals surface area contributed by atoms with E-state index in [1.807, 2.05) is 0 Å². The van der Waals surface area contributed by atoms with Gasteiger partial charge in [0.2, 0.25) is 0 Å². The molecular formula is C12H19N2+. The zero-order chi connectivity index (χ0) is 9.80. The molecule has 0 spiro atoms. The van der Waals surface area contributed by atoms with Crippen LogP contribution in [0, 0.1) is 6.92 Å². The van der Waals surface area contributed by atoms with Crippen LogP contribution in [-0.4, -0.2) is 31.1 Å². The quantitative estimate of drug-likeness (QED) is 0.716. The second-order valence-electron chi connectivity index (χ2n) is 4.13. The molecule has 0 aromatic heterocycles. The number of rotatable bonds is 2. The Labute approximate surface area is 85.9 Å². The molecule has 0 bridgehead atoms. The number of quaternary nitrogens is 1. The molecule has 2 nitrogen and oxygen atoms in total. The molecule has 1 aliphatic heterocycles. The number of hydrogen-bond acceptors (Lipinski definition) is 1. The van der Waals surface area contributed by atoms with Crippen molar-refractivity contribution < 1.29 is 5.32 Å². The summed E-state index contributed by atoms with van der Waals surface area (Å²) >= 11 is 0. The number of nitrogens with zero attached hydrogens (tertiary/aromatic N) is 1. The predicted molar refractivity (Wildman–Crippen MR) is 58.1 cm³/mol. The summed E-state index contributed by atoms with van der Waals surface area (Å²) in [6.45, 7) is 8.25. The number of piperazine rings is 1. The van der Waals surface area contributed by atoms with Crippen molar-refractivity contribution in [2.45, 2.75) is 13.5 Å². The number of hydrogen-bond donors (Lipinski definition) is 1. The van der Waals surface area contributed by atoms with Gasteiger partial charge < -0.3 is 5.32 Å². The molecule has 0 atom stereocenters. The maximum absolute atomic E-state index is 2.54. The molecule has 0 unspecified atom stereocenters. The third-order valence-electron chi connectivity index (χ3n) is 2.79. The topological polar surface area (TPSA) is 19.9 Å². The highest BCUT2D eigenvalue weighted by atomic mass is 15.2. The summed E-state index contributed by atoms with van der Waals surface area (Å²) in [5.41, 5.74) is 2.82. The Bertz CT molecular complexity index is 290. The molecule has 0 saturated carbocycles. The second kappa shape index (κ2) is 4.58. The van der Waals surface area contributed by atoms with Crippen LogP contribution in [0.5, 0.6) is 0 Å². The molecule has 0 amide bonds. The lowest BCUT2D eigenvalue weighted by Crippen LogP contribution is -2.89. The van der Waals surface area contributed by atoms with Crippen LogP contribution >= 0.6 is 0 Å². The lowest BCUT2D eigenvalue weighted by atomic mass is 10.1. The second-order valence-corrected chi connectivity index (χ2v) is 4.13. The van der Waals surface area contributed by atoms with E-state index in [4.69, 9.17) is 0 Å². The molecular weight excluding hydrogens is 172 g/mol. The molecule has 1 aromatic carbocycles. The van der Waals surface area contributed by atoms with Gasteiger partial charge in [0, 0.05) is 19.6 Å². The van der Waals surface area contributed by atoms with Crippen molar-refractivity contribution in [1.29, 1.82) is 0 Å². The van der Waals surface area contributed by atoms with E-state index in [-0.39, 0.29) is 0 Å². The van der Waals surface area contributed by atoms with Gasteiger partial charge in [0.05, 0.1) is 13.1 Å². The Hall–Kier alpha value is -0.860. The minimum absolute atomic E-state index is 1.12. The van der Waals surface area contributed by atoms with Crippen molar-refractivity contribution in [3.05, 3.63) is 35.4 Å². The normalized spacial score (nSPS) is 18.4. The van der Waals surface area contributed by atoms with Gasteiger partial charge in [-0.3, -0.25) is 4.90 Å². The Kier molecular flexibility index (Phi) is 3.17. The minimum atomic E-state index is 1.12. The summed E-state index contributed by atoms with van der Waals surface area (Å²) < 4.78 is 0. The molecule has 14 heavy (non-hydrogen) atoms. The van der Waals surface area contributed by atoms with Crippen LogP contribution in [0.4, 0.5) is 0 Å². The summed E-state index contributed by atoms with van der Waals surface area (Å²) in [5.74, 6) is 0. The smallest absolute Gasteiger partial charge is 0.0885 e. The fourth-order valence-corrected chi connectivity index (χ4v) is 2.03. The van der Waals surface area contributed by atoms with E-state index in [0.29, 0.717) is 0 Å². The van der Waals surface area contributed by atoms with Crippen LogP contribution in [0.15, 0.2) is 24.3 Å². The number of nitrogens with two attached hydrogens (primary N) is 1. The summed E-state index contributed by atoms with van der Waals surface area (Å²) in [7, 11) is 0. The molecule has 0 radical (unpaired) electrons. The number of benzene rings is 1. The Morgan fingerprint density at radius 3 is 2.79 bits per heavy atom. The van der Waals surface area contributed by atoms with E-state index in [2.05, 4.69) is 41.4 Å². The van der Waals surface area contributed by atoms with Crippen molar-refractivity contribution >= 4 is 0 Å².